The maximum absolute atomic E-state index is 6.02. The number of benzene rings is 1. The van der Waals surface area contributed by atoms with Crippen LogP contribution in [0.1, 0.15) is 24.0 Å². The van der Waals surface area contributed by atoms with E-state index in [9.17, 15) is 0 Å². The lowest BCUT2D eigenvalue weighted by Crippen LogP contribution is -2.39. The minimum absolute atomic E-state index is 0.344. The molecule has 3 aromatic rings. The smallest absolute Gasteiger partial charge is 0.154 e. The van der Waals surface area contributed by atoms with Crippen LogP contribution < -0.4 is 11.1 Å². The zero-order valence-corrected chi connectivity index (χ0v) is 15.4. The number of nitrogens with two attached hydrogens (primary N) is 1. The molecule has 4 rings (SSSR count). The van der Waals surface area contributed by atoms with Crippen LogP contribution in [0.25, 0.3) is 5.52 Å². The summed E-state index contributed by atoms with van der Waals surface area (Å²) in [5, 5.41) is 8.53. The lowest BCUT2D eigenvalue weighted by Gasteiger charge is -2.29. The molecule has 0 atom stereocenters. The van der Waals surface area contributed by atoms with Crippen LogP contribution in [0.4, 0.5) is 5.82 Å². The van der Waals surface area contributed by atoms with Gasteiger partial charge in [-0.3, -0.25) is 4.90 Å². The van der Waals surface area contributed by atoms with Crippen LogP contribution in [0.15, 0.2) is 42.9 Å². The second-order valence-electron chi connectivity index (χ2n) is 6.84. The summed E-state index contributed by atoms with van der Waals surface area (Å²) in [5.74, 6) is 0.851. The lowest BCUT2D eigenvalue weighted by molar-refractivity contribution is 0.206. The number of nitrogens with one attached hydrogen (secondary N) is 1. The first-order valence-electron chi connectivity index (χ1n) is 8.96. The van der Waals surface area contributed by atoms with E-state index in [-0.39, 0.29) is 0 Å². The molecular weight excluding hydrogens is 348 g/mol. The SMILES string of the molecule is NC1CCN(Cc2ccn3ncnc(NCc4ccc(Cl)cc4)c23)CC1. The van der Waals surface area contributed by atoms with Crippen LogP contribution in [0.3, 0.4) is 0 Å². The van der Waals surface area contributed by atoms with Crippen LogP contribution in [-0.4, -0.2) is 38.6 Å². The molecule has 1 aliphatic heterocycles. The molecule has 2 aromatic heterocycles. The van der Waals surface area contributed by atoms with E-state index in [0.717, 1.165) is 54.4 Å². The normalized spacial score (nSPS) is 16.2. The number of piperidine rings is 1. The van der Waals surface area contributed by atoms with E-state index < -0.39 is 0 Å². The number of hydrogen-bond donors (Lipinski definition) is 2. The van der Waals surface area contributed by atoms with Crippen LogP contribution >= 0.6 is 11.6 Å². The summed E-state index contributed by atoms with van der Waals surface area (Å²) in [6.07, 6.45) is 5.70. The molecule has 3 N–H and O–H groups in total. The fourth-order valence-corrected chi connectivity index (χ4v) is 3.54. The molecule has 1 saturated heterocycles. The summed E-state index contributed by atoms with van der Waals surface area (Å²) in [6.45, 7) is 3.67. The molecule has 0 unspecified atom stereocenters. The Bertz CT molecular complexity index is 867. The molecule has 0 spiro atoms. The van der Waals surface area contributed by atoms with Crippen molar-refractivity contribution in [2.24, 2.45) is 5.73 Å². The Morgan fingerprint density at radius 1 is 1.15 bits per heavy atom. The highest BCUT2D eigenvalue weighted by atomic mass is 35.5. The molecule has 0 aliphatic carbocycles. The third-order valence-corrected chi connectivity index (χ3v) is 5.19. The summed E-state index contributed by atoms with van der Waals surface area (Å²) in [6, 6.07) is 10.3. The van der Waals surface area contributed by atoms with Gasteiger partial charge in [-0.2, -0.15) is 5.10 Å². The minimum atomic E-state index is 0.344. The topological polar surface area (TPSA) is 71.5 Å². The highest BCUT2D eigenvalue weighted by Gasteiger charge is 2.18. The van der Waals surface area contributed by atoms with E-state index in [2.05, 4.69) is 26.4 Å². The van der Waals surface area contributed by atoms with Gasteiger partial charge in [-0.05, 0) is 55.3 Å². The molecule has 0 bridgehead atoms. The number of halogens is 1. The Morgan fingerprint density at radius 2 is 1.92 bits per heavy atom. The second kappa shape index (κ2) is 7.61. The van der Waals surface area contributed by atoms with Gasteiger partial charge >= 0.3 is 0 Å². The molecule has 3 heterocycles. The van der Waals surface area contributed by atoms with E-state index in [4.69, 9.17) is 17.3 Å². The maximum Gasteiger partial charge on any atom is 0.154 e. The fourth-order valence-electron chi connectivity index (χ4n) is 3.42. The van der Waals surface area contributed by atoms with E-state index in [1.165, 1.54) is 5.56 Å². The average molecular weight is 371 g/mol. The van der Waals surface area contributed by atoms with Crippen molar-refractivity contribution in [2.45, 2.75) is 32.0 Å². The van der Waals surface area contributed by atoms with Gasteiger partial charge < -0.3 is 11.1 Å². The van der Waals surface area contributed by atoms with Gasteiger partial charge in [-0.25, -0.2) is 9.50 Å². The lowest BCUT2D eigenvalue weighted by atomic mass is 10.1. The van der Waals surface area contributed by atoms with E-state index in [0.29, 0.717) is 12.6 Å². The Balaban J connectivity index is 1.53. The molecule has 7 heteroatoms. The number of nitrogens with zero attached hydrogens (tertiary/aromatic N) is 4. The van der Waals surface area contributed by atoms with Crippen LogP contribution in [-0.2, 0) is 13.1 Å². The first-order valence-corrected chi connectivity index (χ1v) is 9.34. The first-order chi connectivity index (χ1) is 12.7. The number of anilines is 1. The third-order valence-electron chi connectivity index (χ3n) is 4.94. The molecule has 136 valence electrons. The molecule has 6 nitrogen and oxygen atoms in total. The Morgan fingerprint density at radius 3 is 2.69 bits per heavy atom. The molecule has 1 aliphatic rings. The molecular formula is C19H23ClN6. The zero-order chi connectivity index (χ0) is 17.9. The molecule has 0 radical (unpaired) electrons. The number of rotatable bonds is 5. The van der Waals surface area contributed by atoms with E-state index >= 15 is 0 Å². The molecule has 26 heavy (non-hydrogen) atoms. The first kappa shape index (κ1) is 17.3. The number of aromatic nitrogens is 3. The minimum Gasteiger partial charge on any atom is -0.364 e. The summed E-state index contributed by atoms with van der Waals surface area (Å²) in [5.41, 5.74) is 9.45. The van der Waals surface area contributed by atoms with Crippen LogP contribution in [0.2, 0.25) is 5.02 Å². The highest BCUT2D eigenvalue weighted by molar-refractivity contribution is 6.30. The molecule has 1 aromatic carbocycles. The van der Waals surface area contributed by atoms with E-state index in [1.54, 1.807) is 6.33 Å². The predicted octanol–water partition coefficient (Wildman–Crippen LogP) is 2.92. The summed E-state index contributed by atoms with van der Waals surface area (Å²) in [4.78, 5) is 6.92. The van der Waals surface area contributed by atoms with Crippen molar-refractivity contribution in [3.8, 4) is 0 Å². The standard InChI is InChI=1S/C19H23ClN6/c20-16-3-1-14(2-4-16)11-22-19-18-15(5-10-26(18)24-13-23-19)12-25-8-6-17(21)7-9-25/h1-5,10,13,17H,6-9,11-12,21H2,(H,22,23,24). The van der Waals surface area contributed by atoms with Crippen LogP contribution in [0.5, 0.6) is 0 Å². The van der Waals surface area contributed by atoms with Gasteiger partial charge in [0.15, 0.2) is 5.82 Å². The average Bonchev–Trinajstić information content (AvgIpc) is 3.07. The van der Waals surface area contributed by atoms with Crippen molar-refractivity contribution in [1.82, 2.24) is 19.5 Å². The third kappa shape index (κ3) is 3.82. The maximum atomic E-state index is 6.02. The Kier molecular flexibility index (Phi) is 5.06. The number of hydrogen-bond acceptors (Lipinski definition) is 5. The summed E-state index contributed by atoms with van der Waals surface area (Å²) >= 11 is 5.96. The fraction of sp³-hybridized carbons (Fsp3) is 0.368. The largest absolute Gasteiger partial charge is 0.364 e. The van der Waals surface area contributed by atoms with Crippen molar-refractivity contribution >= 4 is 22.9 Å². The van der Waals surface area contributed by atoms with Gasteiger partial charge in [0, 0.05) is 30.4 Å². The summed E-state index contributed by atoms with van der Waals surface area (Å²) < 4.78 is 1.89. The van der Waals surface area contributed by atoms with Gasteiger partial charge in [0.25, 0.3) is 0 Å². The van der Waals surface area contributed by atoms with Gasteiger partial charge in [0.2, 0.25) is 0 Å². The quantitative estimate of drug-likeness (QED) is 0.722. The Labute approximate surface area is 158 Å². The van der Waals surface area contributed by atoms with Gasteiger partial charge in [-0.15, -0.1) is 0 Å². The molecule has 1 fully saturated rings. The van der Waals surface area contributed by atoms with E-state index in [1.807, 2.05) is 35.0 Å². The van der Waals surface area contributed by atoms with Crippen molar-refractivity contribution < 1.29 is 0 Å². The molecule has 0 saturated carbocycles. The predicted molar refractivity (Wildman–Crippen MR) is 104 cm³/mol. The number of fused-ring (bicyclic) bond motifs is 1. The van der Waals surface area contributed by atoms with Crippen molar-refractivity contribution in [3.05, 3.63) is 59.0 Å². The van der Waals surface area contributed by atoms with Crippen molar-refractivity contribution in [3.63, 3.8) is 0 Å². The highest BCUT2D eigenvalue weighted by Crippen LogP contribution is 2.23. The Hall–Kier alpha value is -2.15. The summed E-state index contributed by atoms with van der Waals surface area (Å²) in [7, 11) is 0. The van der Waals surface area contributed by atoms with Crippen molar-refractivity contribution in [2.75, 3.05) is 18.4 Å². The zero-order valence-electron chi connectivity index (χ0n) is 14.6. The molecule has 0 amide bonds. The second-order valence-corrected chi connectivity index (χ2v) is 7.27. The van der Waals surface area contributed by atoms with Gasteiger partial charge in [-0.1, -0.05) is 23.7 Å². The number of likely N-dealkylation sites (tertiary alicyclic amines) is 1. The van der Waals surface area contributed by atoms with Gasteiger partial charge in [0.1, 0.15) is 11.8 Å². The van der Waals surface area contributed by atoms with Crippen LogP contribution in [0, 0.1) is 0 Å². The van der Waals surface area contributed by atoms with Gasteiger partial charge in [0.05, 0.1) is 0 Å². The van der Waals surface area contributed by atoms with Crippen molar-refractivity contribution in [1.29, 1.82) is 0 Å². The monoisotopic (exact) mass is 370 g/mol.